The average molecular weight is 352 g/mol. The number of aromatic nitrogens is 1. The second-order valence-corrected chi connectivity index (χ2v) is 5.91. The quantitative estimate of drug-likeness (QED) is 0.385. The van der Waals surface area contributed by atoms with Gasteiger partial charge in [0, 0.05) is 18.2 Å². The summed E-state index contributed by atoms with van der Waals surface area (Å²) in [4.78, 5) is 28.1. The first kappa shape index (κ1) is 17.7. The summed E-state index contributed by atoms with van der Waals surface area (Å²) in [7, 11) is 0. The molecule has 1 aromatic heterocycles. The molecule has 6 nitrogen and oxygen atoms in total. The number of para-hydroxylation sites is 1. The van der Waals surface area contributed by atoms with E-state index >= 15 is 0 Å². The van der Waals surface area contributed by atoms with Crippen LogP contribution in [0, 0.1) is 0 Å². The zero-order valence-electron chi connectivity index (χ0n) is 14.5. The molecule has 0 amide bonds. The molecule has 0 saturated heterocycles. The van der Waals surface area contributed by atoms with Crippen LogP contribution in [0.15, 0.2) is 57.7 Å². The van der Waals surface area contributed by atoms with Gasteiger partial charge in [0.1, 0.15) is 5.75 Å². The maximum absolute atomic E-state index is 12.0. The molecule has 0 aliphatic heterocycles. The third kappa shape index (κ3) is 4.47. The highest BCUT2D eigenvalue weighted by molar-refractivity contribution is 5.78. The highest BCUT2D eigenvalue weighted by atomic mass is 16.5. The highest BCUT2D eigenvalue weighted by Crippen LogP contribution is 2.21. The van der Waals surface area contributed by atoms with E-state index in [0.717, 1.165) is 19.3 Å². The van der Waals surface area contributed by atoms with Crippen molar-refractivity contribution in [3.63, 3.8) is 0 Å². The number of hydrogen-bond acceptors (Lipinski definition) is 6. The summed E-state index contributed by atoms with van der Waals surface area (Å²) in [6.45, 7) is 2.08. The maximum Gasteiger partial charge on any atom is 0.348 e. The van der Waals surface area contributed by atoms with Gasteiger partial charge in [-0.1, -0.05) is 38.0 Å². The van der Waals surface area contributed by atoms with Crippen LogP contribution in [0.5, 0.6) is 5.75 Å². The van der Waals surface area contributed by atoms with Crippen LogP contribution in [-0.4, -0.2) is 11.0 Å². The summed E-state index contributed by atoms with van der Waals surface area (Å²) in [5, 5.41) is 3.36. The predicted molar refractivity (Wildman–Crippen MR) is 99.8 cm³/mol. The molecule has 0 saturated carbocycles. The fraction of sp³-hybridized carbons (Fsp3) is 0.250. The number of benzene rings is 2. The van der Waals surface area contributed by atoms with Crippen LogP contribution in [0.4, 0.5) is 11.7 Å². The molecule has 0 fully saturated rings. The van der Waals surface area contributed by atoms with E-state index in [2.05, 4.69) is 17.2 Å². The van der Waals surface area contributed by atoms with E-state index in [1.54, 1.807) is 48.5 Å². The van der Waals surface area contributed by atoms with Crippen molar-refractivity contribution in [3.8, 4) is 5.75 Å². The fourth-order valence-corrected chi connectivity index (χ4v) is 2.53. The van der Waals surface area contributed by atoms with Crippen LogP contribution < -0.4 is 15.7 Å². The Hall–Kier alpha value is -3.15. The smallest absolute Gasteiger partial charge is 0.348 e. The Morgan fingerprint density at radius 3 is 2.85 bits per heavy atom. The molecule has 1 N–H and O–H groups in total. The van der Waals surface area contributed by atoms with Crippen molar-refractivity contribution in [2.45, 2.75) is 32.6 Å². The average Bonchev–Trinajstić information content (AvgIpc) is 2.62. The Bertz CT molecular complexity index is 965. The Morgan fingerprint density at radius 2 is 2.00 bits per heavy atom. The number of nitrogens with zero attached hydrogens (tertiary/aromatic N) is 1. The van der Waals surface area contributed by atoms with Gasteiger partial charge in [0.25, 0.3) is 0 Å². The molecule has 3 rings (SSSR count). The number of carbonyl (C=O) groups excluding carboxylic acids is 1. The molecule has 0 radical (unpaired) electrons. The van der Waals surface area contributed by atoms with E-state index in [4.69, 9.17) is 9.15 Å². The first-order valence-electron chi connectivity index (χ1n) is 8.63. The van der Waals surface area contributed by atoms with Gasteiger partial charge in [0.15, 0.2) is 0 Å². The molecule has 0 unspecified atom stereocenters. The molecule has 0 spiro atoms. The Balaban J connectivity index is 1.73. The van der Waals surface area contributed by atoms with E-state index in [9.17, 15) is 9.59 Å². The summed E-state index contributed by atoms with van der Waals surface area (Å²) < 4.78 is 10.5. The molecular formula is C20H20N2O4. The molecule has 0 aliphatic carbocycles. The Labute approximate surface area is 150 Å². The molecule has 0 atom stereocenters. The lowest BCUT2D eigenvalue weighted by molar-refractivity contribution is -0.134. The first-order valence-corrected chi connectivity index (χ1v) is 8.63. The Morgan fingerprint density at radius 1 is 1.15 bits per heavy atom. The van der Waals surface area contributed by atoms with Gasteiger partial charge in [0.05, 0.1) is 10.9 Å². The van der Waals surface area contributed by atoms with Crippen LogP contribution in [0.1, 0.15) is 32.6 Å². The molecule has 0 bridgehead atoms. The second kappa shape index (κ2) is 8.29. The van der Waals surface area contributed by atoms with Crippen molar-refractivity contribution in [3.05, 3.63) is 59.0 Å². The maximum atomic E-state index is 12.0. The summed E-state index contributed by atoms with van der Waals surface area (Å²) in [6.07, 6.45) is 3.27. The lowest BCUT2D eigenvalue weighted by atomic mass is 10.2. The number of unbranched alkanes of at least 4 members (excludes halogenated alkanes) is 2. The molecule has 0 aliphatic rings. The van der Waals surface area contributed by atoms with Crippen molar-refractivity contribution >= 4 is 28.6 Å². The summed E-state index contributed by atoms with van der Waals surface area (Å²) in [5.74, 6) is 0.172. The minimum Gasteiger partial charge on any atom is -0.426 e. The number of anilines is 2. The molecule has 134 valence electrons. The van der Waals surface area contributed by atoms with E-state index in [0.29, 0.717) is 28.8 Å². The molecule has 3 aromatic rings. The summed E-state index contributed by atoms with van der Waals surface area (Å²) in [5.41, 5.74) is 0.691. The monoisotopic (exact) mass is 352 g/mol. The minimum absolute atomic E-state index is 0.0834. The normalized spacial score (nSPS) is 10.7. The standard InChI is InChI=1S/C20H20N2O4/c1-2-3-4-12-18(23)25-15-9-7-8-14(13-15)21-20-22-17-11-6-5-10-16(17)19(24)26-20/h5-11,13H,2-4,12H2,1H3,(H,21,22). The lowest BCUT2D eigenvalue weighted by Gasteiger charge is -2.08. The van der Waals surface area contributed by atoms with Gasteiger partial charge in [-0.2, -0.15) is 4.98 Å². The minimum atomic E-state index is -0.461. The predicted octanol–water partition coefficient (Wildman–Crippen LogP) is 4.42. The van der Waals surface area contributed by atoms with Crippen LogP contribution in [0.2, 0.25) is 0 Å². The van der Waals surface area contributed by atoms with Gasteiger partial charge < -0.3 is 14.5 Å². The van der Waals surface area contributed by atoms with Crippen LogP contribution >= 0.6 is 0 Å². The van der Waals surface area contributed by atoms with Crippen molar-refractivity contribution in [1.82, 2.24) is 4.98 Å². The third-order valence-corrected chi connectivity index (χ3v) is 3.84. The van der Waals surface area contributed by atoms with E-state index in [1.807, 2.05) is 0 Å². The summed E-state index contributed by atoms with van der Waals surface area (Å²) >= 11 is 0. The highest BCUT2D eigenvalue weighted by Gasteiger charge is 2.08. The fourth-order valence-electron chi connectivity index (χ4n) is 2.53. The first-order chi connectivity index (χ1) is 12.7. The van der Waals surface area contributed by atoms with Crippen LogP contribution in [0.25, 0.3) is 10.9 Å². The van der Waals surface area contributed by atoms with Crippen LogP contribution in [-0.2, 0) is 4.79 Å². The second-order valence-electron chi connectivity index (χ2n) is 5.91. The molecular weight excluding hydrogens is 332 g/mol. The lowest BCUT2D eigenvalue weighted by Crippen LogP contribution is -2.08. The van der Waals surface area contributed by atoms with Gasteiger partial charge in [-0.25, -0.2) is 4.79 Å². The largest absolute Gasteiger partial charge is 0.426 e. The van der Waals surface area contributed by atoms with Crippen molar-refractivity contribution in [1.29, 1.82) is 0 Å². The molecule has 1 heterocycles. The van der Waals surface area contributed by atoms with Crippen LogP contribution in [0.3, 0.4) is 0 Å². The van der Waals surface area contributed by atoms with Crippen molar-refractivity contribution < 1.29 is 13.9 Å². The van der Waals surface area contributed by atoms with E-state index < -0.39 is 5.63 Å². The van der Waals surface area contributed by atoms with Crippen molar-refractivity contribution in [2.24, 2.45) is 0 Å². The number of ether oxygens (including phenoxy) is 1. The zero-order valence-corrected chi connectivity index (χ0v) is 14.5. The number of fused-ring (bicyclic) bond motifs is 1. The molecule has 2 aromatic carbocycles. The Kier molecular flexibility index (Phi) is 5.63. The van der Waals surface area contributed by atoms with Gasteiger partial charge >= 0.3 is 17.6 Å². The van der Waals surface area contributed by atoms with Gasteiger partial charge in [-0.3, -0.25) is 4.79 Å². The topological polar surface area (TPSA) is 81.4 Å². The number of carbonyl (C=O) groups is 1. The number of rotatable bonds is 7. The zero-order chi connectivity index (χ0) is 18.4. The summed E-state index contributed by atoms with van der Waals surface area (Å²) in [6, 6.07) is 13.9. The third-order valence-electron chi connectivity index (χ3n) is 3.84. The SMILES string of the molecule is CCCCCC(=O)Oc1cccc(Nc2nc3ccccc3c(=O)o2)c1. The van der Waals surface area contributed by atoms with E-state index in [1.165, 1.54) is 0 Å². The van der Waals surface area contributed by atoms with Gasteiger partial charge in [-0.05, 0) is 30.7 Å². The van der Waals surface area contributed by atoms with E-state index in [-0.39, 0.29) is 12.0 Å². The molecule has 26 heavy (non-hydrogen) atoms. The van der Waals surface area contributed by atoms with Crippen molar-refractivity contribution in [2.75, 3.05) is 5.32 Å². The number of nitrogens with one attached hydrogen (secondary N) is 1. The number of esters is 1. The van der Waals surface area contributed by atoms with Gasteiger partial charge in [-0.15, -0.1) is 0 Å². The number of hydrogen-bond donors (Lipinski definition) is 1. The molecule has 6 heteroatoms. The van der Waals surface area contributed by atoms with Gasteiger partial charge in [0.2, 0.25) is 0 Å².